The molecule has 130 valence electrons. The maximum absolute atomic E-state index is 12.5. The zero-order valence-electron chi connectivity index (χ0n) is 14.4. The number of aromatic nitrogens is 3. The first-order valence-electron chi connectivity index (χ1n) is 8.10. The topological polar surface area (TPSA) is 73.0 Å². The Morgan fingerprint density at radius 1 is 1.28 bits per heavy atom. The molecule has 0 aliphatic carbocycles. The Bertz CT molecular complexity index is 858. The molecule has 6 nitrogen and oxygen atoms in total. The second kappa shape index (κ2) is 7.57. The van der Waals surface area contributed by atoms with E-state index in [4.69, 9.17) is 4.42 Å². The van der Waals surface area contributed by atoms with Crippen molar-refractivity contribution in [2.24, 2.45) is 0 Å². The molecule has 1 atom stereocenters. The second-order valence-corrected chi connectivity index (χ2v) is 6.90. The molecule has 0 spiro atoms. The Labute approximate surface area is 150 Å². The van der Waals surface area contributed by atoms with E-state index in [0.717, 1.165) is 11.3 Å². The minimum absolute atomic E-state index is 0.0653. The molecule has 3 rings (SSSR count). The monoisotopic (exact) mass is 356 g/mol. The molecule has 0 aliphatic rings. The number of benzene rings is 1. The number of hydrogen-bond donors (Lipinski definition) is 1. The molecule has 0 saturated heterocycles. The second-order valence-electron chi connectivity index (χ2n) is 5.59. The van der Waals surface area contributed by atoms with Crippen molar-refractivity contribution < 1.29 is 9.21 Å². The van der Waals surface area contributed by atoms with Gasteiger partial charge in [-0.15, -0.1) is 10.2 Å². The molecule has 1 aromatic carbocycles. The summed E-state index contributed by atoms with van der Waals surface area (Å²) < 4.78 is 7.35. The van der Waals surface area contributed by atoms with Crippen molar-refractivity contribution in [1.29, 1.82) is 0 Å². The molecule has 2 aromatic heterocycles. The number of carbonyl (C=O) groups excluding carboxylic acids is 1. The highest BCUT2D eigenvalue weighted by Gasteiger charge is 2.21. The maximum Gasteiger partial charge on any atom is 0.237 e. The number of carbonyl (C=O) groups is 1. The maximum atomic E-state index is 12.5. The van der Waals surface area contributed by atoms with Gasteiger partial charge < -0.3 is 9.73 Å². The van der Waals surface area contributed by atoms with Crippen LogP contribution >= 0.6 is 11.8 Å². The smallest absolute Gasteiger partial charge is 0.237 e. The first-order valence-corrected chi connectivity index (χ1v) is 8.98. The van der Waals surface area contributed by atoms with E-state index in [1.54, 1.807) is 6.26 Å². The van der Waals surface area contributed by atoms with E-state index in [0.29, 0.717) is 23.3 Å². The number of hydrogen-bond acceptors (Lipinski definition) is 5. The predicted octanol–water partition coefficient (Wildman–Crippen LogP) is 3.99. The fraction of sp³-hybridized carbons (Fsp3) is 0.278. The number of rotatable bonds is 6. The van der Waals surface area contributed by atoms with Gasteiger partial charge in [0.15, 0.2) is 16.7 Å². The minimum atomic E-state index is -0.307. The van der Waals surface area contributed by atoms with Crippen molar-refractivity contribution in [3.8, 4) is 11.6 Å². The molecule has 0 aliphatic heterocycles. The van der Waals surface area contributed by atoms with Gasteiger partial charge in [0.05, 0.1) is 11.5 Å². The average molecular weight is 356 g/mol. The summed E-state index contributed by atoms with van der Waals surface area (Å²) in [5, 5.41) is 11.8. The highest BCUT2D eigenvalue weighted by Crippen LogP contribution is 2.27. The van der Waals surface area contributed by atoms with Crippen LogP contribution in [0.5, 0.6) is 0 Å². The summed E-state index contributed by atoms with van der Waals surface area (Å²) in [6, 6.07) is 11.4. The van der Waals surface area contributed by atoms with Crippen LogP contribution in [0, 0.1) is 6.92 Å². The van der Waals surface area contributed by atoms with Crippen molar-refractivity contribution in [3.05, 3.63) is 48.2 Å². The van der Waals surface area contributed by atoms with Crippen molar-refractivity contribution in [2.75, 3.05) is 5.32 Å². The molecule has 2 heterocycles. The van der Waals surface area contributed by atoms with E-state index < -0.39 is 0 Å². The lowest BCUT2D eigenvalue weighted by Gasteiger charge is -2.13. The Kier molecular flexibility index (Phi) is 5.23. The van der Waals surface area contributed by atoms with E-state index >= 15 is 0 Å². The third kappa shape index (κ3) is 3.76. The lowest BCUT2D eigenvalue weighted by atomic mass is 10.2. The Morgan fingerprint density at radius 3 is 2.76 bits per heavy atom. The number of nitrogens with zero attached hydrogens (tertiary/aromatic N) is 3. The van der Waals surface area contributed by atoms with Gasteiger partial charge in [-0.3, -0.25) is 9.36 Å². The van der Waals surface area contributed by atoms with Crippen LogP contribution in [0.25, 0.3) is 11.6 Å². The van der Waals surface area contributed by atoms with Crippen molar-refractivity contribution in [2.45, 2.75) is 37.7 Å². The van der Waals surface area contributed by atoms with Crippen LogP contribution < -0.4 is 5.32 Å². The van der Waals surface area contributed by atoms with E-state index in [9.17, 15) is 4.79 Å². The molecule has 1 unspecified atom stereocenters. The van der Waals surface area contributed by atoms with Crippen LogP contribution in [0.1, 0.15) is 19.4 Å². The van der Waals surface area contributed by atoms with Crippen molar-refractivity contribution in [3.63, 3.8) is 0 Å². The zero-order valence-corrected chi connectivity index (χ0v) is 15.2. The van der Waals surface area contributed by atoms with Crippen LogP contribution in [0.2, 0.25) is 0 Å². The predicted molar refractivity (Wildman–Crippen MR) is 98.5 cm³/mol. The molecule has 25 heavy (non-hydrogen) atoms. The number of anilines is 1. The number of furan rings is 1. The van der Waals surface area contributed by atoms with E-state index in [-0.39, 0.29) is 11.2 Å². The molecule has 1 amide bonds. The lowest BCUT2D eigenvalue weighted by Crippen LogP contribution is -2.23. The highest BCUT2D eigenvalue weighted by molar-refractivity contribution is 8.00. The van der Waals surface area contributed by atoms with Gasteiger partial charge in [0.25, 0.3) is 0 Å². The van der Waals surface area contributed by atoms with Crippen molar-refractivity contribution >= 4 is 23.4 Å². The molecule has 0 bridgehead atoms. The van der Waals surface area contributed by atoms with Gasteiger partial charge in [-0.05, 0) is 44.5 Å². The molecular formula is C18H20N4O2S. The molecule has 0 fully saturated rings. The summed E-state index contributed by atoms with van der Waals surface area (Å²) in [5.41, 5.74) is 1.86. The molecule has 3 aromatic rings. The van der Waals surface area contributed by atoms with Gasteiger partial charge in [-0.25, -0.2) is 0 Å². The van der Waals surface area contributed by atoms with Crippen molar-refractivity contribution in [1.82, 2.24) is 14.8 Å². The molecule has 7 heteroatoms. The SMILES string of the molecule is CCn1c(SC(C)C(=O)Nc2ccccc2C)nnc1-c1ccco1. The number of amides is 1. The Balaban J connectivity index is 1.74. The highest BCUT2D eigenvalue weighted by atomic mass is 32.2. The van der Waals surface area contributed by atoms with Crippen LogP contribution in [-0.4, -0.2) is 25.9 Å². The van der Waals surface area contributed by atoms with Gasteiger partial charge in [0.1, 0.15) is 0 Å². The lowest BCUT2D eigenvalue weighted by molar-refractivity contribution is -0.115. The fourth-order valence-corrected chi connectivity index (χ4v) is 3.32. The van der Waals surface area contributed by atoms with Gasteiger partial charge in [0.2, 0.25) is 5.91 Å². The quantitative estimate of drug-likeness (QED) is 0.676. The summed E-state index contributed by atoms with van der Waals surface area (Å²) in [4.78, 5) is 12.5. The summed E-state index contributed by atoms with van der Waals surface area (Å²) >= 11 is 1.38. The summed E-state index contributed by atoms with van der Waals surface area (Å²) in [6.45, 7) is 6.53. The van der Waals surface area contributed by atoms with Crippen LogP contribution in [0.15, 0.2) is 52.2 Å². The number of aryl methyl sites for hydroxylation is 1. The molecule has 0 saturated carbocycles. The standard InChI is InChI=1S/C18H20N4O2S/c1-4-22-16(15-10-7-11-24-15)20-21-18(22)25-13(3)17(23)19-14-9-6-5-8-12(14)2/h5-11,13H,4H2,1-3H3,(H,19,23). The molecule has 1 N–H and O–H groups in total. The van der Waals surface area contributed by atoms with Crippen LogP contribution in [-0.2, 0) is 11.3 Å². The molecular weight excluding hydrogens is 336 g/mol. The largest absolute Gasteiger partial charge is 0.461 e. The fourth-order valence-electron chi connectivity index (χ4n) is 2.41. The zero-order chi connectivity index (χ0) is 17.8. The Hall–Kier alpha value is -2.54. The number of thioether (sulfide) groups is 1. The Morgan fingerprint density at radius 2 is 2.08 bits per heavy atom. The number of para-hydroxylation sites is 1. The third-order valence-corrected chi connectivity index (χ3v) is 4.91. The average Bonchev–Trinajstić information content (AvgIpc) is 3.25. The van der Waals surface area contributed by atoms with Gasteiger partial charge >= 0.3 is 0 Å². The minimum Gasteiger partial charge on any atom is -0.461 e. The summed E-state index contributed by atoms with van der Waals surface area (Å²) in [6.07, 6.45) is 1.61. The first-order chi connectivity index (χ1) is 12.1. The van der Waals surface area contributed by atoms with E-state index in [2.05, 4.69) is 15.5 Å². The van der Waals surface area contributed by atoms with Gasteiger partial charge in [-0.1, -0.05) is 30.0 Å². The summed E-state index contributed by atoms with van der Waals surface area (Å²) in [5.74, 6) is 1.27. The van der Waals surface area contributed by atoms with Gasteiger partial charge in [-0.2, -0.15) is 0 Å². The van der Waals surface area contributed by atoms with Crippen LogP contribution in [0.4, 0.5) is 5.69 Å². The number of nitrogens with one attached hydrogen (secondary N) is 1. The normalized spacial score (nSPS) is 12.1. The molecule has 0 radical (unpaired) electrons. The van der Waals surface area contributed by atoms with E-state index in [1.807, 2.05) is 61.7 Å². The van der Waals surface area contributed by atoms with Crippen LogP contribution in [0.3, 0.4) is 0 Å². The van der Waals surface area contributed by atoms with Gasteiger partial charge in [0, 0.05) is 12.2 Å². The van der Waals surface area contributed by atoms with E-state index in [1.165, 1.54) is 11.8 Å². The summed E-state index contributed by atoms with van der Waals surface area (Å²) in [7, 11) is 0. The third-order valence-electron chi connectivity index (χ3n) is 3.83. The first kappa shape index (κ1) is 17.3.